The molecule has 1 atom stereocenters. The van der Waals surface area contributed by atoms with Gasteiger partial charge in [0.05, 0.1) is 28.6 Å². The number of aromatic nitrogens is 4. The number of nitrogens with one attached hydrogen (secondary N) is 1. The lowest BCUT2D eigenvalue weighted by Crippen LogP contribution is -2.31. The highest BCUT2D eigenvalue weighted by atomic mass is 35.5. The first-order valence-electron chi connectivity index (χ1n) is 6.71. The van der Waals surface area contributed by atoms with Crippen LogP contribution in [-0.4, -0.2) is 19.6 Å². The summed E-state index contributed by atoms with van der Waals surface area (Å²) in [6.07, 6.45) is 4.46. The van der Waals surface area contributed by atoms with Crippen LogP contribution >= 0.6 is 11.6 Å². The maximum absolute atomic E-state index is 6.31. The summed E-state index contributed by atoms with van der Waals surface area (Å²) in [5.74, 6) is 5.78. The van der Waals surface area contributed by atoms with Gasteiger partial charge in [-0.1, -0.05) is 18.5 Å². The standard InChI is InChI=1S/C13H21ClN6/c1-5-11-9(7-19(4)18-11)12(17-15)13-10(14)6-16-20(13)8(2)3/h6-8,12,17H,5,15H2,1-4H3. The molecule has 0 amide bonds. The number of nitrogens with two attached hydrogens (primary N) is 1. The minimum absolute atomic E-state index is 0.204. The second-order valence-corrected chi connectivity index (χ2v) is 5.48. The van der Waals surface area contributed by atoms with Gasteiger partial charge in [0.2, 0.25) is 0 Å². The molecule has 0 aliphatic heterocycles. The van der Waals surface area contributed by atoms with Crippen LogP contribution in [0.25, 0.3) is 0 Å². The van der Waals surface area contributed by atoms with Crippen LogP contribution in [0.15, 0.2) is 12.4 Å². The molecule has 0 spiro atoms. The third-order valence-corrected chi connectivity index (χ3v) is 3.59. The van der Waals surface area contributed by atoms with E-state index < -0.39 is 0 Å². The van der Waals surface area contributed by atoms with E-state index in [0.717, 1.165) is 23.4 Å². The number of hydrogen-bond donors (Lipinski definition) is 2. The summed E-state index contributed by atoms with van der Waals surface area (Å²) in [5.41, 5.74) is 5.75. The minimum atomic E-state index is -0.226. The van der Waals surface area contributed by atoms with Crippen LogP contribution in [0.4, 0.5) is 0 Å². The highest BCUT2D eigenvalue weighted by molar-refractivity contribution is 6.31. The van der Waals surface area contributed by atoms with Crippen LogP contribution in [0, 0.1) is 0 Å². The molecule has 20 heavy (non-hydrogen) atoms. The number of nitrogens with zero attached hydrogens (tertiary/aromatic N) is 4. The summed E-state index contributed by atoms with van der Waals surface area (Å²) in [6, 6.07) is -0.0221. The summed E-state index contributed by atoms with van der Waals surface area (Å²) in [4.78, 5) is 0. The minimum Gasteiger partial charge on any atom is -0.275 e. The fraction of sp³-hybridized carbons (Fsp3) is 0.538. The molecule has 2 aromatic heterocycles. The molecule has 0 radical (unpaired) electrons. The predicted octanol–water partition coefficient (Wildman–Crippen LogP) is 1.97. The molecule has 7 heteroatoms. The Hall–Kier alpha value is -1.37. The highest BCUT2D eigenvalue weighted by Gasteiger charge is 2.25. The third-order valence-electron chi connectivity index (χ3n) is 3.30. The summed E-state index contributed by atoms with van der Waals surface area (Å²) in [6.45, 7) is 6.19. The average Bonchev–Trinajstić information content (AvgIpc) is 2.95. The quantitative estimate of drug-likeness (QED) is 0.653. The zero-order valence-corrected chi connectivity index (χ0v) is 13.0. The molecule has 0 fully saturated rings. The van der Waals surface area contributed by atoms with Crippen molar-refractivity contribution >= 4 is 11.6 Å². The Bertz CT molecular complexity index is 586. The third kappa shape index (κ3) is 2.59. The monoisotopic (exact) mass is 296 g/mol. The number of aryl methyl sites for hydroxylation is 2. The largest absolute Gasteiger partial charge is 0.275 e. The second-order valence-electron chi connectivity index (χ2n) is 5.07. The van der Waals surface area contributed by atoms with E-state index in [4.69, 9.17) is 17.4 Å². The van der Waals surface area contributed by atoms with Crippen LogP contribution in [0.3, 0.4) is 0 Å². The molecular formula is C13H21ClN6. The van der Waals surface area contributed by atoms with Crippen molar-refractivity contribution in [2.45, 2.75) is 39.3 Å². The fourth-order valence-electron chi connectivity index (χ4n) is 2.42. The van der Waals surface area contributed by atoms with E-state index in [9.17, 15) is 0 Å². The maximum atomic E-state index is 6.31. The number of hydrogen-bond acceptors (Lipinski definition) is 4. The van der Waals surface area contributed by atoms with Gasteiger partial charge in [0.1, 0.15) is 0 Å². The van der Waals surface area contributed by atoms with E-state index in [-0.39, 0.29) is 12.1 Å². The van der Waals surface area contributed by atoms with Crippen molar-refractivity contribution in [2.24, 2.45) is 12.9 Å². The molecule has 2 rings (SSSR count). The Balaban J connectivity index is 2.55. The van der Waals surface area contributed by atoms with E-state index in [1.807, 2.05) is 17.9 Å². The van der Waals surface area contributed by atoms with Crippen molar-refractivity contribution in [3.05, 3.63) is 34.4 Å². The topological polar surface area (TPSA) is 73.7 Å². The Labute approximate surface area is 123 Å². The maximum Gasteiger partial charge on any atom is 0.0926 e. The lowest BCUT2D eigenvalue weighted by Gasteiger charge is -2.20. The lowest BCUT2D eigenvalue weighted by atomic mass is 10.0. The van der Waals surface area contributed by atoms with E-state index >= 15 is 0 Å². The van der Waals surface area contributed by atoms with Crippen molar-refractivity contribution in [1.29, 1.82) is 0 Å². The van der Waals surface area contributed by atoms with Gasteiger partial charge in [-0.15, -0.1) is 0 Å². The van der Waals surface area contributed by atoms with Gasteiger partial charge in [-0.3, -0.25) is 15.2 Å². The van der Waals surface area contributed by atoms with Gasteiger partial charge in [0.25, 0.3) is 0 Å². The van der Waals surface area contributed by atoms with Gasteiger partial charge >= 0.3 is 0 Å². The number of halogens is 1. The molecule has 3 N–H and O–H groups in total. The smallest absolute Gasteiger partial charge is 0.0926 e. The Morgan fingerprint density at radius 3 is 2.70 bits per heavy atom. The summed E-state index contributed by atoms with van der Waals surface area (Å²) >= 11 is 6.31. The summed E-state index contributed by atoms with van der Waals surface area (Å²) in [7, 11) is 1.90. The average molecular weight is 297 g/mol. The van der Waals surface area contributed by atoms with Gasteiger partial charge in [-0.2, -0.15) is 10.2 Å². The van der Waals surface area contributed by atoms with Gasteiger partial charge in [-0.25, -0.2) is 5.43 Å². The molecule has 0 aliphatic carbocycles. The second kappa shape index (κ2) is 5.95. The van der Waals surface area contributed by atoms with Gasteiger partial charge in [-0.05, 0) is 20.3 Å². The van der Waals surface area contributed by atoms with E-state index in [0.29, 0.717) is 5.02 Å². The molecule has 0 bridgehead atoms. The first-order valence-corrected chi connectivity index (χ1v) is 7.08. The summed E-state index contributed by atoms with van der Waals surface area (Å²) in [5, 5.41) is 9.40. The zero-order chi connectivity index (χ0) is 14.9. The van der Waals surface area contributed by atoms with Gasteiger partial charge in [0, 0.05) is 24.8 Å². The van der Waals surface area contributed by atoms with Crippen molar-refractivity contribution in [2.75, 3.05) is 0 Å². The van der Waals surface area contributed by atoms with Crippen LogP contribution in [0.5, 0.6) is 0 Å². The van der Waals surface area contributed by atoms with Crippen LogP contribution in [0.2, 0.25) is 5.02 Å². The molecule has 0 saturated carbocycles. The van der Waals surface area contributed by atoms with Gasteiger partial charge < -0.3 is 0 Å². The first kappa shape index (κ1) is 15.0. The number of hydrazine groups is 1. The van der Waals surface area contributed by atoms with E-state index in [1.165, 1.54) is 0 Å². The normalized spacial score (nSPS) is 13.2. The zero-order valence-electron chi connectivity index (χ0n) is 12.3. The van der Waals surface area contributed by atoms with Crippen LogP contribution in [-0.2, 0) is 13.5 Å². The molecule has 0 saturated heterocycles. The molecule has 110 valence electrons. The molecular weight excluding hydrogens is 276 g/mol. The Morgan fingerprint density at radius 1 is 1.45 bits per heavy atom. The highest BCUT2D eigenvalue weighted by Crippen LogP contribution is 2.31. The van der Waals surface area contributed by atoms with Crippen molar-refractivity contribution in [1.82, 2.24) is 25.0 Å². The Kier molecular flexibility index (Phi) is 4.47. The van der Waals surface area contributed by atoms with Gasteiger partial charge in [0.15, 0.2) is 0 Å². The van der Waals surface area contributed by atoms with E-state index in [1.54, 1.807) is 10.9 Å². The van der Waals surface area contributed by atoms with Crippen LogP contribution < -0.4 is 11.3 Å². The predicted molar refractivity (Wildman–Crippen MR) is 79.4 cm³/mol. The van der Waals surface area contributed by atoms with Crippen molar-refractivity contribution in [3.8, 4) is 0 Å². The van der Waals surface area contributed by atoms with Crippen molar-refractivity contribution in [3.63, 3.8) is 0 Å². The number of rotatable bonds is 5. The molecule has 0 aromatic carbocycles. The lowest BCUT2D eigenvalue weighted by molar-refractivity contribution is 0.475. The SMILES string of the molecule is CCc1nn(C)cc1C(NN)c1c(Cl)cnn1C(C)C. The van der Waals surface area contributed by atoms with Crippen LogP contribution in [0.1, 0.15) is 49.8 Å². The molecule has 2 aromatic rings. The molecule has 6 nitrogen and oxygen atoms in total. The van der Waals surface area contributed by atoms with E-state index in [2.05, 4.69) is 36.4 Å². The summed E-state index contributed by atoms with van der Waals surface area (Å²) < 4.78 is 3.68. The Morgan fingerprint density at radius 2 is 2.15 bits per heavy atom. The first-order chi connectivity index (χ1) is 9.49. The molecule has 2 heterocycles. The molecule has 0 aliphatic rings. The van der Waals surface area contributed by atoms with Crippen molar-refractivity contribution < 1.29 is 0 Å². The molecule has 1 unspecified atom stereocenters. The fourth-order valence-corrected chi connectivity index (χ4v) is 2.66.